The SMILES string of the molecule is CNC(=O)C(=O)[C@H](CC1CC1)NC(=O)[C@@H]1C[C@]2(CC(c3cc(C)c(OC)c(C)c3)=NO2)CN1C(=O)[C@@H](NC(=O)CC1CCCCC1)C(C)(C)OC. The topological polar surface area (TPSA) is 165 Å². The Morgan fingerprint density at radius 2 is 1.67 bits per heavy atom. The van der Waals surface area contributed by atoms with Crippen molar-refractivity contribution < 1.29 is 38.3 Å². The van der Waals surface area contributed by atoms with Crippen LogP contribution in [0.5, 0.6) is 5.75 Å². The van der Waals surface area contributed by atoms with Crippen molar-refractivity contribution in [2.75, 3.05) is 27.8 Å². The van der Waals surface area contributed by atoms with Crippen molar-refractivity contribution in [1.82, 2.24) is 20.9 Å². The first-order valence-corrected chi connectivity index (χ1v) is 18.3. The van der Waals surface area contributed by atoms with Crippen molar-refractivity contribution in [2.45, 2.75) is 128 Å². The number of benzene rings is 1. The lowest BCUT2D eigenvalue weighted by molar-refractivity contribution is -0.149. The summed E-state index contributed by atoms with van der Waals surface area (Å²) >= 11 is 0. The highest BCUT2D eigenvalue weighted by Gasteiger charge is 2.56. The minimum atomic E-state index is -1.13. The molecule has 2 aliphatic heterocycles. The molecule has 2 heterocycles. The lowest BCUT2D eigenvalue weighted by atomic mass is 9.86. The van der Waals surface area contributed by atoms with Gasteiger partial charge in [-0.1, -0.05) is 37.3 Å². The van der Waals surface area contributed by atoms with E-state index >= 15 is 0 Å². The van der Waals surface area contributed by atoms with Gasteiger partial charge in [-0.3, -0.25) is 24.0 Å². The van der Waals surface area contributed by atoms with E-state index in [1.54, 1.807) is 21.0 Å². The number of nitrogens with zero attached hydrogens (tertiary/aromatic N) is 2. The van der Waals surface area contributed by atoms with E-state index in [1.807, 2.05) is 26.0 Å². The first kappa shape index (κ1) is 38.2. The zero-order valence-electron chi connectivity index (χ0n) is 31.2. The molecule has 0 radical (unpaired) electrons. The molecule has 2 aliphatic carbocycles. The predicted octanol–water partition coefficient (Wildman–Crippen LogP) is 3.26. The van der Waals surface area contributed by atoms with Crippen LogP contribution in [0.1, 0.15) is 101 Å². The highest BCUT2D eigenvalue weighted by atomic mass is 16.7. The number of aryl methyl sites for hydroxylation is 2. The average Bonchev–Trinajstić information content (AvgIpc) is 3.71. The molecule has 0 aromatic heterocycles. The summed E-state index contributed by atoms with van der Waals surface area (Å²) in [5.41, 5.74) is 1.23. The van der Waals surface area contributed by atoms with Crippen molar-refractivity contribution in [1.29, 1.82) is 0 Å². The molecule has 0 unspecified atom stereocenters. The Morgan fingerprint density at radius 1 is 1.00 bits per heavy atom. The molecule has 280 valence electrons. The third-order valence-corrected chi connectivity index (χ3v) is 11.1. The third-order valence-electron chi connectivity index (χ3n) is 11.1. The summed E-state index contributed by atoms with van der Waals surface area (Å²) in [5, 5.41) is 12.6. The molecule has 4 atom stereocenters. The van der Waals surface area contributed by atoms with Crippen LogP contribution in [0, 0.1) is 25.7 Å². The monoisotopic (exact) mass is 709 g/mol. The van der Waals surface area contributed by atoms with E-state index in [4.69, 9.17) is 14.3 Å². The fraction of sp³-hybridized carbons (Fsp3) is 0.684. The van der Waals surface area contributed by atoms with E-state index in [0.29, 0.717) is 25.0 Å². The van der Waals surface area contributed by atoms with Crippen LogP contribution in [0.3, 0.4) is 0 Å². The molecule has 2 saturated carbocycles. The fourth-order valence-electron chi connectivity index (χ4n) is 7.88. The number of ether oxygens (including phenoxy) is 2. The van der Waals surface area contributed by atoms with Crippen LogP contribution in [0.4, 0.5) is 0 Å². The molecule has 13 heteroatoms. The summed E-state index contributed by atoms with van der Waals surface area (Å²) in [7, 11) is 4.48. The number of likely N-dealkylation sites (tertiary alicyclic amines) is 1. The summed E-state index contributed by atoms with van der Waals surface area (Å²) < 4.78 is 11.3. The van der Waals surface area contributed by atoms with Crippen LogP contribution >= 0.6 is 0 Å². The van der Waals surface area contributed by atoms with Gasteiger partial charge in [0, 0.05) is 39.0 Å². The quantitative estimate of drug-likeness (QED) is 0.248. The minimum Gasteiger partial charge on any atom is -0.496 e. The number of carbonyl (C=O) groups is 5. The highest BCUT2D eigenvalue weighted by molar-refractivity contribution is 6.38. The molecule has 13 nitrogen and oxygen atoms in total. The van der Waals surface area contributed by atoms with E-state index in [9.17, 15) is 24.0 Å². The van der Waals surface area contributed by atoms with E-state index in [2.05, 4.69) is 21.1 Å². The smallest absolute Gasteiger partial charge is 0.289 e. The maximum absolute atomic E-state index is 14.7. The Kier molecular flexibility index (Phi) is 11.8. The second kappa shape index (κ2) is 15.7. The highest BCUT2D eigenvalue weighted by Crippen LogP contribution is 2.41. The Labute approximate surface area is 300 Å². The van der Waals surface area contributed by atoms with Crippen LogP contribution in [-0.4, -0.2) is 97.2 Å². The Bertz CT molecular complexity index is 1530. The van der Waals surface area contributed by atoms with Gasteiger partial charge in [-0.05, 0) is 82.1 Å². The Balaban J connectivity index is 1.43. The standard InChI is InChI=1S/C38H55N5O8/c1-22-15-26(16-23(2)32(22)49-6)28-19-38(51-42-28)20-29(34(46)40-27(17-25-13-14-25)31(45)35(47)39-5)43(21-38)36(48)33(37(3,4)50-7)41-30(44)18-24-11-9-8-10-12-24/h15-16,24-25,27,29,33H,8-14,17-21H2,1-7H3,(H,39,47)(H,40,46)(H,41,44)/t27-,29-,33+,38+/m0/s1. The first-order valence-electron chi connectivity index (χ1n) is 18.3. The summed E-state index contributed by atoms with van der Waals surface area (Å²) in [6.45, 7) is 7.38. The fourth-order valence-corrected chi connectivity index (χ4v) is 7.88. The average molecular weight is 710 g/mol. The zero-order valence-corrected chi connectivity index (χ0v) is 31.2. The molecule has 4 amide bonds. The summed E-state index contributed by atoms with van der Waals surface area (Å²) in [6.07, 6.45) is 8.16. The van der Waals surface area contributed by atoms with Crippen LogP contribution in [0.2, 0.25) is 0 Å². The van der Waals surface area contributed by atoms with Crippen molar-refractivity contribution in [2.24, 2.45) is 17.0 Å². The molecule has 0 bridgehead atoms. The van der Waals surface area contributed by atoms with Crippen LogP contribution in [0.15, 0.2) is 17.3 Å². The molecule has 1 aromatic rings. The van der Waals surface area contributed by atoms with Crippen molar-refractivity contribution >= 4 is 35.1 Å². The Hall–Kier alpha value is -4.00. The van der Waals surface area contributed by atoms with Gasteiger partial charge >= 0.3 is 0 Å². The number of ketones is 1. The number of Topliss-reactive ketones (excluding diaryl/α,β-unsaturated/α-hetero) is 1. The molecule has 1 aromatic carbocycles. The second-order valence-electron chi connectivity index (χ2n) is 15.5. The number of nitrogens with one attached hydrogen (secondary N) is 3. The number of hydrogen-bond donors (Lipinski definition) is 3. The van der Waals surface area contributed by atoms with Gasteiger partial charge in [0.05, 0.1) is 31.0 Å². The van der Waals surface area contributed by atoms with Crippen molar-refractivity contribution in [3.63, 3.8) is 0 Å². The largest absolute Gasteiger partial charge is 0.496 e. The number of rotatable bonds is 14. The van der Waals surface area contributed by atoms with Gasteiger partial charge in [-0.2, -0.15) is 0 Å². The number of amides is 4. The number of likely N-dealkylation sites (N-methyl/N-ethyl adjacent to an activating group) is 1. The van der Waals surface area contributed by atoms with E-state index in [1.165, 1.54) is 19.1 Å². The lowest BCUT2D eigenvalue weighted by Gasteiger charge is -2.37. The summed E-state index contributed by atoms with van der Waals surface area (Å²) in [6, 6.07) is 0.715. The molecular formula is C38H55N5O8. The first-order chi connectivity index (χ1) is 24.2. The lowest BCUT2D eigenvalue weighted by Crippen LogP contribution is -2.62. The normalized spacial score (nSPS) is 23.2. The molecule has 1 saturated heterocycles. The molecule has 1 spiro atoms. The molecule has 5 rings (SSSR count). The van der Waals surface area contributed by atoms with E-state index < -0.39 is 52.8 Å². The van der Waals surface area contributed by atoms with Gasteiger partial charge in [0.25, 0.3) is 5.91 Å². The predicted molar refractivity (Wildman–Crippen MR) is 190 cm³/mol. The van der Waals surface area contributed by atoms with Gasteiger partial charge in [0.1, 0.15) is 17.8 Å². The van der Waals surface area contributed by atoms with Crippen molar-refractivity contribution in [3.05, 3.63) is 28.8 Å². The van der Waals surface area contributed by atoms with Crippen LogP contribution in [0.25, 0.3) is 0 Å². The van der Waals surface area contributed by atoms with Crippen molar-refractivity contribution in [3.8, 4) is 5.75 Å². The van der Waals surface area contributed by atoms with Gasteiger partial charge < -0.3 is 35.2 Å². The minimum absolute atomic E-state index is 0.0104. The number of carbonyl (C=O) groups excluding carboxylic acids is 5. The number of oxime groups is 1. The molecule has 3 fully saturated rings. The second-order valence-corrected chi connectivity index (χ2v) is 15.5. The van der Waals surface area contributed by atoms with E-state index in [-0.39, 0.29) is 30.7 Å². The van der Waals surface area contributed by atoms with Crippen LogP contribution in [-0.2, 0) is 33.5 Å². The maximum Gasteiger partial charge on any atom is 0.289 e. The summed E-state index contributed by atoms with van der Waals surface area (Å²) in [5.74, 6) is -1.57. The maximum atomic E-state index is 14.7. The van der Waals surface area contributed by atoms with Gasteiger partial charge in [0.15, 0.2) is 5.60 Å². The van der Waals surface area contributed by atoms with Gasteiger partial charge in [-0.15, -0.1) is 0 Å². The number of hydrogen-bond acceptors (Lipinski definition) is 9. The Morgan fingerprint density at radius 3 is 2.25 bits per heavy atom. The van der Waals surface area contributed by atoms with Gasteiger partial charge in [-0.25, -0.2) is 0 Å². The van der Waals surface area contributed by atoms with Crippen LogP contribution < -0.4 is 20.7 Å². The number of methoxy groups -OCH3 is 2. The molecule has 4 aliphatic rings. The molecular weight excluding hydrogens is 654 g/mol. The summed E-state index contributed by atoms with van der Waals surface area (Å²) in [4.78, 5) is 75.5. The zero-order chi connectivity index (χ0) is 37.1. The molecule has 51 heavy (non-hydrogen) atoms. The molecule has 3 N–H and O–H groups in total. The van der Waals surface area contributed by atoms with Gasteiger partial charge in [0.2, 0.25) is 23.5 Å². The third kappa shape index (κ3) is 8.73. The van der Waals surface area contributed by atoms with E-state index in [0.717, 1.165) is 67.4 Å².